The predicted octanol–water partition coefficient (Wildman–Crippen LogP) is 3.29. The molecule has 0 bridgehead atoms. The van der Waals surface area contributed by atoms with E-state index in [0.29, 0.717) is 41.9 Å². The third-order valence-corrected chi connectivity index (χ3v) is 5.10. The molecule has 27 heavy (non-hydrogen) atoms. The van der Waals surface area contributed by atoms with Gasteiger partial charge in [-0.05, 0) is 30.3 Å². The van der Waals surface area contributed by atoms with Gasteiger partial charge in [0, 0.05) is 31.9 Å². The molecule has 3 rings (SSSR count). The molecule has 8 heteroatoms. The second kappa shape index (κ2) is 8.50. The van der Waals surface area contributed by atoms with E-state index in [9.17, 15) is 9.59 Å². The van der Waals surface area contributed by atoms with Crippen molar-refractivity contribution in [3.8, 4) is 5.75 Å². The first-order valence-electron chi connectivity index (χ1n) is 8.43. The zero-order valence-corrected chi connectivity index (χ0v) is 16.3. The molecule has 1 saturated heterocycles. The highest BCUT2D eigenvalue weighted by molar-refractivity contribution is 6.42. The Morgan fingerprint density at radius 3 is 2.37 bits per heavy atom. The number of carbonyl (C=O) groups is 2. The molecule has 2 aromatic carbocycles. The quantitative estimate of drug-likeness (QED) is 0.792. The zero-order valence-electron chi connectivity index (χ0n) is 14.7. The van der Waals surface area contributed by atoms with Crippen LogP contribution in [0.1, 0.15) is 0 Å². The van der Waals surface area contributed by atoms with Crippen molar-refractivity contribution in [1.82, 2.24) is 4.90 Å². The van der Waals surface area contributed by atoms with Crippen LogP contribution < -0.4 is 15.0 Å². The molecule has 6 nitrogen and oxygen atoms in total. The molecule has 1 aliphatic heterocycles. The lowest BCUT2D eigenvalue weighted by molar-refractivity contribution is -0.143. The molecule has 0 aromatic heterocycles. The lowest BCUT2D eigenvalue weighted by Gasteiger charge is -2.36. The molecule has 0 spiro atoms. The number of methoxy groups -OCH3 is 1. The van der Waals surface area contributed by atoms with Crippen molar-refractivity contribution in [3.63, 3.8) is 0 Å². The number of rotatable bonds is 3. The highest BCUT2D eigenvalue weighted by atomic mass is 35.5. The Kier molecular flexibility index (Phi) is 6.08. The zero-order chi connectivity index (χ0) is 19.4. The molecule has 2 amide bonds. The first kappa shape index (κ1) is 19.3. The lowest BCUT2D eigenvalue weighted by atomic mass is 10.2. The van der Waals surface area contributed by atoms with Crippen LogP contribution in [-0.4, -0.2) is 50.0 Å². The summed E-state index contributed by atoms with van der Waals surface area (Å²) < 4.78 is 5.39. The van der Waals surface area contributed by atoms with Crippen molar-refractivity contribution in [2.24, 2.45) is 0 Å². The summed E-state index contributed by atoms with van der Waals surface area (Å²) in [6.07, 6.45) is 0. The number of hydrogen-bond acceptors (Lipinski definition) is 4. The van der Waals surface area contributed by atoms with E-state index < -0.39 is 11.8 Å². The fourth-order valence-electron chi connectivity index (χ4n) is 2.94. The Bertz CT molecular complexity index is 852. The maximum Gasteiger partial charge on any atom is 0.313 e. The number of halogens is 2. The minimum absolute atomic E-state index is 0.312. The van der Waals surface area contributed by atoms with Gasteiger partial charge in [-0.3, -0.25) is 9.59 Å². The molecule has 0 aliphatic carbocycles. The standard InChI is InChI=1S/C19H19Cl2N3O3/c1-27-17-5-3-2-4-16(17)23-8-10-24(11-9-23)19(26)18(25)22-13-6-7-14(20)15(21)12-13/h2-7,12H,8-11H2,1H3,(H,22,25). The van der Waals surface area contributed by atoms with E-state index in [1.807, 2.05) is 24.3 Å². The minimum Gasteiger partial charge on any atom is -0.495 e. The second-order valence-electron chi connectivity index (χ2n) is 6.03. The van der Waals surface area contributed by atoms with Crippen molar-refractivity contribution < 1.29 is 14.3 Å². The Hall–Kier alpha value is -2.44. The number of amides is 2. The van der Waals surface area contributed by atoms with Crippen LogP contribution in [0, 0.1) is 0 Å². The van der Waals surface area contributed by atoms with Crippen LogP contribution in [0.2, 0.25) is 10.0 Å². The van der Waals surface area contributed by atoms with Gasteiger partial charge in [-0.1, -0.05) is 35.3 Å². The van der Waals surface area contributed by atoms with Gasteiger partial charge in [-0.2, -0.15) is 0 Å². The fraction of sp³-hybridized carbons (Fsp3) is 0.263. The normalized spacial score (nSPS) is 14.0. The Morgan fingerprint density at radius 2 is 1.70 bits per heavy atom. The first-order chi connectivity index (χ1) is 13.0. The first-order valence-corrected chi connectivity index (χ1v) is 9.18. The Labute approximate surface area is 167 Å². The average molecular weight is 408 g/mol. The summed E-state index contributed by atoms with van der Waals surface area (Å²) >= 11 is 11.8. The van der Waals surface area contributed by atoms with E-state index in [4.69, 9.17) is 27.9 Å². The molecule has 142 valence electrons. The maximum atomic E-state index is 12.4. The molecule has 1 aliphatic rings. The van der Waals surface area contributed by atoms with Crippen LogP contribution in [0.25, 0.3) is 0 Å². The van der Waals surface area contributed by atoms with Crippen LogP contribution in [-0.2, 0) is 9.59 Å². The number of piperazine rings is 1. The van der Waals surface area contributed by atoms with E-state index >= 15 is 0 Å². The Morgan fingerprint density at radius 1 is 1.00 bits per heavy atom. The van der Waals surface area contributed by atoms with E-state index in [0.717, 1.165) is 11.4 Å². The van der Waals surface area contributed by atoms with Gasteiger partial charge in [0.05, 0.1) is 22.8 Å². The summed E-state index contributed by atoms with van der Waals surface area (Å²) in [6.45, 7) is 2.13. The van der Waals surface area contributed by atoms with Gasteiger partial charge in [-0.25, -0.2) is 0 Å². The number of nitrogens with zero attached hydrogens (tertiary/aromatic N) is 2. The van der Waals surface area contributed by atoms with Crippen LogP contribution in [0.4, 0.5) is 11.4 Å². The average Bonchev–Trinajstić information content (AvgIpc) is 2.70. The number of benzene rings is 2. The third kappa shape index (κ3) is 4.46. The largest absolute Gasteiger partial charge is 0.495 e. The van der Waals surface area contributed by atoms with Crippen LogP contribution in [0.5, 0.6) is 5.75 Å². The molecule has 1 heterocycles. The number of carbonyl (C=O) groups excluding carboxylic acids is 2. The molecular weight excluding hydrogens is 389 g/mol. The van der Waals surface area contributed by atoms with Crippen molar-refractivity contribution in [3.05, 3.63) is 52.5 Å². The van der Waals surface area contributed by atoms with Gasteiger partial charge < -0.3 is 19.9 Å². The molecule has 2 aromatic rings. The van der Waals surface area contributed by atoms with Crippen LogP contribution in [0.15, 0.2) is 42.5 Å². The molecule has 1 fully saturated rings. The highest BCUT2D eigenvalue weighted by Gasteiger charge is 2.27. The number of hydrogen-bond donors (Lipinski definition) is 1. The number of anilines is 2. The van der Waals surface area contributed by atoms with Crippen molar-refractivity contribution in [2.45, 2.75) is 0 Å². The maximum absolute atomic E-state index is 12.4. The summed E-state index contributed by atoms with van der Waals surface area (Å²) in [5, 5.41) is 3.26. The van der Waals surface area contributed by atoms with Gasteiger partial charge in [0.1, 0.15) is 5.75 Å². The smallest absolute Gasteiger partial charge is 0.313 e. The van der Waals surface area contributed by atoms with Gasteiger partial charge in [0.25, 0.3) is 0 Å². The summed E-state index contributed by atoms with van der Waals surface area (Å²) in [4.78, 5) is 28.4. The monoisotopic (exact) mass is 407 g/mol. The second-order valence-corrected chi connectivity index (χ2v) is 6.85. The molecule has 0 saturated carbocycles. The summed E-state index contributed by atoms with van der Waals surface area (Å²) in [7, 11) is 1.63. The molecule has 1 N–H and O–H groups in total. The lowest BCUT2D eigenvalue weighted by Crippen LogP contribution is -2.51. The van der Waals surface area contributed by atoms with Crippen molar-refractivity contribution in [2.75, 3.05) is 43.5 Å². The van der Waals surface area contributed by atoms with Gasteiger partial charge in [0.2, 0.25) is 0 Å². The summed E-state index contributed by atoms with van der Waals surface area (Å²) in [5.74, 6) is -0.477. The molecular formula is C19H19Cl2N3O3. The Balaban J connectivity index is 1.59. The summed E-state index contributed by atoms with van der Waals surface area (Å²) in [5.41, 5.74) is 1.41. The molecule has 0 unspecified atom stereocenters. The van der Waals surface area contributed by atoms with Gasteiger partial charge in [0.15, 0.2) is 0 Å². The number of para-hydroxylation sites is 2. The van der Waals surface area contributed by atoms with Crippen molar-refractivity contribution >= 4 is 46.4 Å². The number of ether oxygens (including phenoxy) is 1. The predicted molar refractivity (Wildman–Crippen MR) is 107 cm³/mol. The van der Waals surface area contributed by atoms with E-state index in [1.54, 1.807) is 24.1 Å². The van der Waals surface area contributed by atoms with E-state index in [2.05, 4.69) is 10.2 Å². The number of nitrogens with one attached hydrogen (secondary N) is 1. The SMILES string of the molecule is COc1ccccc1N1CCN(C(=O)C(=O)Nc2ccc(Cl)c(Cl)c2)CC1. The van der Waals surface area contributed by atoms with Crippen molar-refractivity contribution in [1.29, 1.82) is 0 Å². The van der Waals surface area contributed by atoms with Gasteiger partial charge >= 0.3 is 11.8 Å². The van der Waals surface area contributed by atoms with E-state index in [1.165, 1.54) is 6.07 Å². The fourth-order valence-corrected chi connectivity index (χ4v) is 3.24. The van der Waals surface area contributed by atoms with E-state index in [-0.39, 0.29) is 0 Å². The summed E-state index contributed by atoms with van der Waals surface area (Å²) in [6, 6.07) is 12.4. The van der Waals surface area contributed by atoms with Crippen LogP contribution in [0.3, 0.4) is 0 Å². The molecule has 0 radical (unpaired) electrons. The minimum atomic E-state index is -0.695. The molecule has 0 atom stereocenters. The third-order valence-electron chi connectivity index (χ3n) is 4.36. The van der Waals surface area contributed by atoms with Crippen LogP contribution >= 0.6 is 23.2 Å². The van der Waals surface area contributed by atoms with Gasteiger partial charge in [-0.15, -0.1) is 0 Å². The highest BCUT2D eigenvalue weighted by Crippen LogP contribution is 2.28. The topological polar surface area (TPSA) is 61.9 Å².